The van der Waals surface area contributed by atoms with Crippen LogP contribution in [0.2, 0.25) is 0 Å². The molecule has 0 spiro atoms. The highest BCUT2D eigenvalue weighted by molar-refractivity contribution is 5.65. The molecule has 0 saturated heterocycles. The number of halogens is 1. The topological polar surface area (TPSA) is 92.4 Å². The van der Waals surface area contributed by atoms with Gasteiger partial charge in [0.05, 0.1) is 17.6 Å². The highest BCUT2D eigenvalue weighted by Crippen LogP contribution is 2.24. The molecule has 0 fully saturated rings. The summed E-state index contributed by atoms with van der Waals surface area (Å²) < 4.78 is 14.5. The van der Waals surface area contributed by atoms with Crippen molar-refractivity contribution in [2.75, 3.05) is 21.6 Å². The Labute approximate surface area is 213 Å². The van der Waals surface area contributed by atoms with Crippen molar-refractivity contribution in [3.63, 3.8) is 0 Å². The van der Waals surface area contributed by atoms with Crippen molar-refractivity contribution in [1.82, 2.24) is 9.97 Å². The Kier molecular flexibility index (Phi) is 7.23. The van der Waals surface area contributed by atoms with E-state index in [9.17, 15) is 4.39 Å². The van der Waals surface area contributed by atoms with Crippen LogP contribution in [0, 0.1) is 5.82 Å². The van der Waals surface area contributed by atoms with Crippen molar-refractivity contribution in [2.45, 2.75) is 0 Å². The third kappa shape index (κ3) is 6.64. The van der Waals surface area contributed by atoms with Gasteiger partial charge in [-0.25, -0.2) is 20.3 Å². The Balaban J connectivity index is 1.24. The van der Waals surface area contributed by atoms with Gasteiger partial charge in [0.1, 0.15) is 0 Å². The maximum absolute atomic E-state index is 14.5. The summed E-state index contributed by atoms with van der Waals surface area (Å²) in [5.41, 5.74) is 8.49. The van der Waals surface area contributed by atoms with Crippen LogP contribution >= 0.6 is 0 Å². The summed E-state index contributed by atoms with van der Waals surface area (Å²) in [6.07, 6.45) is 1.11. The molecule has 5 rings (SSSR count). The summed E-state index contributed by atoms with van der Waals surface area (Å²) in [5.74, 6) is 1.02. The van der Waals surface area contributed by atoms with E-state index in [1.54, 1.807) is 12.1 Å². The van der Waals surface area contributed by atoms with Crippen LogP contribution in [-0.4, -0.2) is 9.97 Å². The molecule has 1 heterocycles. The lowest BCUT2D eigenvalue weighted by Crippen LogP contribution is -2.06. The van der Waals surface area contributed by atoms with E-state index in [2.05, 4.69) is 31.6 Å². The average Bonchev–Trinajstić information content (AvgIpc) is 2.94. The standard InChI is InChI=1S/C28H23FN6O2/c29-26-19-30-28(32-21-10-8-12-23(18-21)35-37-25-15-5-2-6-16-25)33-27(26)31-20-9-7-11-22(17-20)34-36-24-13-3-1-4-14-24/h1-19,34-35H,(H2,30,31,32,33). The molecule has 184 valence electrons. The maximum atomic E-state index is 14.5. The molecule has 0 aliphatic carbocycles. The Bertz CT molecular complexity index is 1450. The van der Waals surface area contributed by atoms with Gasteiger partial charge in [0.25, 0.3) is 0 Å². The van der Waals surface area contributed by atoms with Crippen LogP contribution < -0.4 is 31.3 Å². The third-order valence-electron chi connectivity index (χ3n) is 5.05. The van der Waals surface area contributed by atoms with Crippen molar-refractivity contribution in [2.24, 2.45) is 0 Å². The molecule has 4 N–H and O–H groups in total. The number of anilines is 6. The first-order chi connectivity index (χ1) is 18.2. The van der Waals surface area contributed by atoms with Gasteiger partial charge in [0, 0.05) is 11.4 Å². The zero-order valence-corrected chi connectivity index (χ0v) is 19.6. The van der Waals surface area contributed by atoms with Gasteiger partial charge in [0.15, 0.2) is 23.1 Å². The van der Waals surface area contributed by atoms with E-state index in [-0.39, 0.29) is 11.8 Å². The maximum Gasteiger partial charge on any atom is 0.229 e. The second-order valence-corrected chi connectivity index (χ2v) is 7.84. The molecular formula is C28H23FN6O2. The summed E-state index contributed by atoms with van der Waals surface area (Å²) in [4.78, 5) is 19.5. The van der Waals surface area contributed by atoms with E-state index in [0.717, 1.165) is 11.9 Å². The van der Waals surface area contributed by atoms with Crippen LogP contribution in [-0.2, 0) is 0 Å². The summed E-state index contributed by atoms with van der Waals surface area (Å²) in [6, 6.07) is 33.3. The molecule has 0 unspecified atom stereocenters. The van der Waals surface area contributed by atoms with Crippen LogP contribution in [0.5, 0.6) is 11.5 Å². The van der Waals surface area contributed by atoms with Crippen LogP contribution in [0.15, 0.2) is 115 Å². The molecule has 8 nitrogen and oxygen atoms in total. The van der Waals surface area contributed by atoms with Gasteiger partial charge in [-0.3, -0.25) is 0 Å². The first-order valence-electron chi connectivity index (χ1n) is 11.4. The minimum atomic E-state index is -0.587. The summed E-state index contributed by atoms with van der Waals surface area (Å²) in [6.45, 7) is 0. The lowest BCUT2D eigenvalue weighted by molar-refractivity contribution is 0.405. The number of rotatable bonds is 10. The number of hydrogen-bond acceptors (Lipinski definition) is 8. The number of hydrogen-bond donors (Lipinski definition) is 4. The van der Waals surface area contributed by atoms with Crippen molar-refractivity contribution >= 4 is 34.5 Å². The predicted molar refractivity (Wildman–Crippen MR) is 143 cm³/mol. The summed E-state index contributed by atoms with van der Waals surface area (Å²) in [5, 5.41) is 6.08. The molecule has 5 aromatic rings. The monoisotopic (exact) mass is 494 g/mol. The van der Waals surface area contributed by atoms with Crippen molar-refractivity contribution < 1.29 is 14.1 Å². The lowest BCUT2D eigenvalue weighted by Gasteiger charge is -2.12. The van der Waals surface area contributed by atoms with Crippen molar-refractivity contribution in [3.8, 4) is 11.5 Å². The molecule has 0 aliphatic heterocycles. The molecule has 0 atom stereocenters. The fourth-order valence-electron chi connectivity index (χ4n) is 3.31. The number of benzene rings is 4. The first-order valence-corrected chi connectivity index (χ1v) is 11.4. The predicted octanol–water partition coefficient (Wildman–Crippen LogP) is 6.91. The highest BCUT2D eigenvalue weighted by atomic mass is 19.1. The van der Waals surface area contributed by atoms with E-state index < -0.39 is 5.82 Å². The lowest BCUT2D eigenvalue weighted by atomic mass is 10.3. The minimum Gasteiger partial charge on any atom is -0.382 e. The Morgan fingerprint density at radius 3 is 1.65 bits per heavy atom. The van der Waals surface area contributed by atoms with Crippen LogP contribution in [0.4, 0.5) is 38.9 Å². The molecule has 0 radical (unpaired) electrons. The average molecular weight is 495 g/mol. The number of nitrogens with one attached hydrogen (secondary N) is 4. The van der Waals surface area contributed by atoms with Crippen LogP contribution in [0.25, 0.3) is 0 Å². The second-order valence-electron chi connectivity index (χ2n) is 7.84. The molecule has 1 aromatic heterocycles. The molecule has 9 heteroatoms. The number of nitrogens with zero attached hydrogens (tertiary/aromatic N) is 2. The molecule has 37 heavy (non-hydrogen) atoms. The fourth-order valence-corrected chi connectivity index (χ4v) is 3.31. The fraction of sp³-hybridized carbons (Fsp3) is 0. The molecule has 0 bridgehead atoms. The smallest absolute Gasteiger partial charge is 0.229 e. The quantitative estimate of drug-likeness (QED) is 0.156. The van der Waals surface area contributed by atoms with Crippen molar-refractivity contribution in [3.05, 3.63) is 121 Å². The Hall–Kier alpha value is -5.31. The zero-order chi connectivity index (χ0) is 25.3. The Morgan fingerprint density at radius 1 is 0.568 bits per heavy atom. The van der Waals surface area contributed by atoms with Gasteiger partial charge in [-0.05, 0) is 60.7 Å². The van der Waals surface area contributed by atoms with Crippen LogP contribution in [0.3, 0.4) is 0 Å². The number of aromatic nitrogens is 2. The zero-order valence-electron chi connectivity index (χ0n) is 19.6. The molecular weight excluding hydrogens is 471 g/mol. The molecule has 4 aromatic carbocycles. The molecule has 0 amide bonds. The number of para-hydroxylation sites is 2. The minimum absolute atomic E-state index is 0.0281. The summed E-state index contributed by atoms with van der Waals surface area (Å²) in [7, 11) is 0. The third-order valence-corrected chi connectivity index (χ3v) is 5.05. The summed E-state index contributed by atoms with van der Waals surface area (Å²) >= 11 is 0. The van der Waals surface area contributed by atoms with E-state index in [0.29, 0.717) is 28.6 Å². The van der Waals surface area contributed by atoms with Gasteiger partial charge >= 0.3 is 0 Å². The van der Waals surface area contributed by atoms with E-state index >= 15 is 0 Å². The van der Waals surface area contributed by atoms with Gasteiger partial charge < -0.3 is 20.3 Å². The van der Waals surface area contributed by atoms with Gasteiger partial charge in [-0.2, -0.15) is 4.98 Å². The van der Waals surface area contributed by atoms with E-state index in [4.69, 9.17) is 9.68 Å². The Morgan fingerprint density at radius 2 is 1.08 bits per heavy atom. The van der Waals surface area contributed by atoms with Gasteiger partial charge in [0.2, 0.25) is 5.95 Å². The van der Waals surface area contributed by atoms with Crippen LogP contribution in [0.1, 0.15) is 0 Å². The second kappa shape index (κ2) is 11.4. The van der Waals surface area contributed by atoms with E-state index in [1.807, 2.05) is 97.1 Å². The molecule has 0 aliphatic rings. The van der Waals surface area contributed by atoms with E-state index in [1.165, 1.54) is 0 Å². The van der Waals surface area contributed by atoms with Crippen molar-refractivity contribution in [1.29, 1.82) is 0 Å². The van der Waals surface area contributed by atoms with Gasteiger partial charge in [-0.1, -0.05) is 48.5 Å². The SMILES string of the molecule is Fc1cnc(Nc2cccc(NOc3ccccc3)c2)nc1Nc1cccc(NOc2ccccc2)c1. The highest BCUT2D eigenvalue weighted by Gasteiger charge is 2.09. The normalized spacial score (nSPS) is 10.3. The molecule has 0 saturated carbocycles. The largest absolute Gasteiger partial charge is 0.382 e. The first kappa shape index (κ1) is 23.4. The van der Waals surface area contributed by atoms with Gasteiger partial charge in [-0.15, -0.1) is 0 Å².